The topological polar surface area (TPSA) is 86.8 Å². The maximum absolute atomic E-state index is 14.9. The van der Waals surface area contributed by atoms with Gasteiger partial charge in [-0.25, -0.2) is 12.8 Å². The van der Waals surface area contributed by atoms with Gasteiger partial charge in [0.1, 0.15) is 18.4 Å². The van der Waals surface area contributed by atoms with E-state index in [2.05, 4.69) is 21.2 Å². The van der Waals surface area contributed by atoms with Crippen LogP contribution in [0.1, 0.15) is 18.1 Å². The normalized spacial score (nSPS) is 11.9. The monoisotopic (exact) mass is 651 g/mol. The second-order valence-corrected chi connectivity index (χ2v) is 12.3. The summed E-state index contributed by atoms with van der Waals surface area (Å²) in [5.41, 5.74) is 1.26. The first kappa shape index (κ1) is 30.9. The average molecular weight is 653 g/mol. The molecule has 2 amide bonds. The Hall–Kier alpha value is -4.02. The van der Waals surface area contributed by atoms with Crippen LogP contribution in [0, 0.1) is 5.82 Å². The Morgan fingerprint density at radius 3 is 2.07 bits per heavy atom. The lowest BCUT2D eigenvalue weighted by Gasteiger charge is -2.34. The smallest absolute Gasteiger partial charge is 0.264 e. The summed E-state index contributed by atoms with van der Waals surface area (Å²) in [5.74, 6) is -1.62. The first-order chi connectivity index (χ1) is 20.2. The second kappa shape index (κ2) is 14.2. The third-order valence-electron chi connectivity index (χ3n) is 6.65. The highest BCUT2D eigenvalue weighted by atomic mass is 79.9. The number of halogens is 2. The number of anilines is 1. The molecular weight excluding hydrogens is 621 g/mol. The van der Waals surface area contributed by atoms with Gasteiger partial charge in [-0.2, -0.15) is 0 Å². The van der Waals surface area contributed by atoms with Crippen molar-refractivity contribution in [3.63, 3.8) is 0 Å². The van der Waals surface area contributed by atoms with Crippen molar-refractivity contribution in [3.05, 3.63) is 131 Å². The molecule has 42 heavy (non-hydrogen) atoms. The highest BCUT2D eigenvalue weighted by molar-refractivity contribution is 9.10. The van der Waals surface area contributed by atoms with Crippen LogP contribution in [0.3, 0.4) is 0 Å². The predicted molar refractivity (Wildman–Crippen MR) is 165 cm³/mol. The fraction of sp³-hybridized carbons (Fsp3) is 0.188. The SMILES string of the molecule is CCNC(=O)C(Cc1ccccc1)N(Cc1ccccc1F)C(=O)CN(c1ccc(Br)cc1)S(=O)(=O)c1ccccc1. The fourth-order valence-corrected chi connectivity index (χ4v) is 6.21. The number of nitrogens with zero attached hydrogens (tertiary/aromatic N) is 2. The van der Waals surface area contributed by atoms with Gasteiger partial charge in [0.25, 0.3) is 10.0 Å². The number of hydrogen-bond acceptors (Lipinski definition) is 4. The Morgan fingerprint density at radius 1 is 0.857 bits per heavy atom. The van der Waals surface area contributed by atoms with Crippen LogP contribution in [-0.4, -0.2) is 44.3 Å². The molecule has 0 saturated carbocycles. The number of likely N-dealkylation sites (N-methyl/N-ethyl adjacent to an activating group) is 1. The van der Waals surface area contributed by atoms with Gasteiger partial charge in [-0.05, 0) is 55.0 Å². The number of sulfonamides is 1. The van der Waals surface area contributed by atoms with E-state index < -0.39 is 40.2 Å². The van der Waals surface area contributed by atoms with Crippen LogP contribution < -0.4 is 9.62 Å². The molecule has 0 aliphatic carbocycles. The lowest BCUT2D eigenvalue weighted by Crippen LogP contribution is -2.53. The Kier molecular flexibility index (Phi) is 10.5. The first-order valence-corrected chi connectivity index (χ1v) is 15.6. The Labute approximate surface area is 254 Å². The molecule has 0 fully saturated rings. The van der Waals surface area contributed by atoms with Gasteiger partial charge >= 0.3 is 0 Å². The highest BCUT2D eigenvalue weighted by Gasteiger charge is 2.34. The van der Waals surface area contributed by atoms with E-state index in [1.54, 1.807) is 61.5 Å². The quantitative estimate of drug-likeness (QED) is 0.217. The van der Waals surface area contributed by atoms with E-state index in [0.717, 1.165) is 14.3 Å². The Morgan fingerprint density at radius 2 is 1.45 bits per heavy atom. The van der Waals surface area contributed by atoms with Crippen LogP contribution in [0.4, 0.5) is 10.1 Å². The highest BCUT2D eigenvalue weighted by Crippen LogP contribution is 2.26. The van der Waals surface area contributed by atoms with Gasteiger partial charge in [0.15, 0.2) is 0 Å². The zero-order chi connectivity index (χ0) is 30.1. The summed E-state index contributed by atoms with van der Waals surface area (Å²) in [6.45, 7) is 1.24. The third kappa shape index (κ3) is 7.63. The number of benzene rings is 4. The minimum atomic E-state index is -4.20. The predicted octanol–water partition coefficient (Wildman–Crippen LogP) is 5.56. The van der Waals surface area contributed by atoms with Crippen LogP contribution in [0.2, 0.25) is 0 Å². The summed E-state index contributed by atoms with van der Waals surface area (Å²) in [4.78, 5) is 29.0. The number of hydrogen-bond donors (Lipinski definition) is 1. The second-order valence-electron chi connectivity index (χ2n) is 9.51. The van der Waals surface area contributed by atoms with Crippen molar-refractivity contribution in [1.29, 1.82) is 0 Å². The molecule has 0 aromatic heterocycles. The largest absolute Gasteiger partial charge is 0.355 e. The molecule has 1 atom stereocenters. The van der Waals surface area contributed by atoms with Crippen molar-refractivity contribution in [1.82, 2.24) is 10.2 Å². The molecular formula is C32H31BrFN3O4S. The molecule has 7 nitrogen and oxygen atoms in total. The van der Waals surface area contributed by atoms with Crippen LogP contribution in [0.25, 0.3) is 0 Å². The van der Waals surface area contributed by atoms with Gasteiger partial charge in [-0.3, -0.25) is 13.9 Å². The van der Waals surface area contributed by atoms with Gasteiger partial charge in [0.05, 0.1) is 10.6 Å². The van der Waals surface area contributed by atoms with Crippen LogP contribution in [0.15, 0.2) is 119 Å². The van der Waals surface area contributed by atoms with Crippen molar-refractivity contribution < 1.29 is 22.4 Å². The van der Waals surface area contributed by atoms with Gasteiger partial charge < -0.3 is 10.2 Å². The molecule has 1 unspecified atom stereocenters. The minimum absolute atomic E-state index is 0.00549. The molecule has 0 heterocycles. The minimum Gasteiger partial charge on any atom is -0.355 e. The summed E-state index contributed by atoms with van der Waals surface area (Å²) in [5, 5.41) is 2.79. The molecule has 0 aliphatic heterocycles. The number of nitrogens with one attached hydrogen (secondary N) is 1. The maximum atomic E-state index is 14.9. The van der Waals surface area contributed by atoms with Crippen LogP contribution in [-0.2, 0) is 32.6 Å². The van der Waals surface area contributed by atoms with Crippen molar-refractivity contribution in [2.75, 3.05) is 17.4 Å². The molecule has 1 N–H and O–H groups in total. The van der Waals surface area contributed by atoms with E-state index in [1.165, 1.54) is 29.2 Å². The molecule has 10 heteroatoms. The van der Waals surface area contributed by atoms with Crippen molar-refractivity contribution in [2.24, 2.45) is 0 Å². The summed E-state index contributed by atoms with van der Waals surface area (Å²) < 4.78 is 44.4. The number of carbonyl (C=O) groups excluding carboxylic acids is 2. The van der Waals surface area contributed by atoms with Gasteiger partial charge in [-0.15, -0.1) is 0 Å². The standard InChI is InChI=1S/C32H31BrFN3O4S/c1-2-35-32(39)30(21-24-11-5-3-6-12-24)36(22-25-13-9-10-16-29(25)34)31(38)23-37(27-19-17-26(33)18-20-27)42(40,41)28-14-7-4-8-15-28/h3-20,30H,2,21-23H2,1H3,(H,35,39). The van der Waals surface area contributed by atoms with Crippen molar-refractivity contribution in [3.8, 4) is 0 Å². The van der Waals surface area contributed by atoms with E-state index in [-0.39, 0.29) is 29.1 Å². The van der Waals surface area contributed by atoms with E-state index in [0.29, 0.717) is 6.54 Å². The van der Waals surface area contributed by atoms with E-state index in [4.69, 9.17) is 0 Å². The maximum Gasteiger partial charge on any atom is 0.264 e. The molecule has 0 saturated heterocycles. The molecule has 4 aromatic rings. The molecule has 4 aromatic carbocycles. The van der Waals surface area contributed by atoms with Gasteiger partial charge in [0, 0.05) is 29.5 Å². The van der Waals surface area contributed by atoms with Gasteiger partial charge in [0.2, 0.25) is 11.8 Å². The van der Waals surface area contributed by atoms with Crippen molar-refractivity contribution in [2.45, 2.75) is 30.8 Å². The summed E-state index contributed by atoms with van der Waals surface area (Å²) in [7, 11) is -4.20. The molecule has 218 valence electrons. The Balaban J connectivity index is 1.79. The van der Waals surface area contributed by atoms with E-state index in [9.17, 15) is 22.4 Å². The van der Waals surface area contributed by atoms with Gasteiger partial charge in [-0.1, -0.05) is 82.7 Å². The molecule has 0 spiro atoms. The van der Waals surface area contributed by atoms with Crippen molar-refractivity contribution >= 4 is 43.5 Å². The molecule has 0 aliphatic rings. The molecule has 4 rings (SSSR count). The van der Waals surface area contributed by atoms with Crippen LogP contribution in [0.5, 0.6) is 0 Å². The average Bonchev–Trinajstić information content (AvgIpc) is 3.00. The zero-order valence-electron chi connectivity index (χ0n) is 23.0. The van der Waals surface area contributed by atoms with E-state index in [1.807, 2.05) is 30.3 Å². The summed E-state index contributed by atoms with van der Waals surface area (Å²) in [6.07, 6.45) is 0.149. The summed E-state index contributed by atoms with van der Waals surface area (Å²) >= 11 is 3.37. The fourth-order valence-electron chi connectivity index (χ4n) is 4.51. The first-order valence-electron chi connectivity index (χ1n) is 13.4. The lowest BCUT2D eigenvalue weighted by molar-refractivity contribution is -0.140. The number of rotatable bonds is 12. The number of amides is 2. The zero-order valence-corrected chi connectivity index (χ0v) is 25.4. The third-order valence-corrected chi connectivity index (χ3v) is 8.96. The Bertz CT molecular complexity index is 1600. The van der Waals surface area contributed by atoms with Crippen LogP contribution >= 0.6 is 15.9 Å². The lowest BCUT2D eigenvalue weighted by atomic mass is 10.0. The molecule has 0 bridgehead atoms. The summed E-state index contributed by atoms with van der Waals surface area (Å²) in [6, 6.07) is 28.5. The number of carbonyl (C=O) groups is 2. The molecule has 0 radical (unpaired) electrons. The van der Waals surface area contributed by atoms with E-state index >= 15 is 0 Å².